The molecule has 0 aliphatic rings. The summed E-state index contributed by atoms with van der Waals surface area (Å²) in [6.45, 7) is 0.720. The molecule has 2 aromatic carbocycles. The molecule has 0 saturated heterocycles. The zero-order valence-electron chi connectivity index (χ0n) is 14.0. The standard InChI is InChI=1S/C20H19ClN2O2/c1-25-20(24)17-7-2-16(3-8-17)14-23-13-12-22-19(23)11-6-15-4-9-18(21)10-5-15/h2-5,7-10,12-13H,6,11,14H2,1H3. The van der Waals surface area contributed by atoms with Gasteiger partial charge in [0.25, 0.3) is 0 Å². The van der Waals surface area contributed by atoms with E-state index in [0.29, 0.717) is 5.56 Å². The van der Waals surface area contributed by atoms with Crippen LogP contribution in [0.2, 0.25) is 5.02 Å². The lowest BCUT2D eigenvalue weighted by molar-refractivity contribution is 0.0600. The maximum Gasteiger partial charge on any atom is 0.337 e. The van der Waals surface area contributed by atoms with Crippen LogP contribution in [-0.4, -0.2) is 22.6 Å². The number of rotatable bonds is 6. The third kappa shape index (κ3) is 4.48. The number of methoxy groups -OCH3 is 1. The van der Waals surface area contributed by atoms with E-state index in [0.717, 1.165) is 35.8 Å². The molecule has 0 aliphatic heterocycles. The molecule has 0 bridgehead atoms. The topological polar surface area (TPSA) is 44.1 Å². The minimum atomic E-state index is -0.321. The van der Waals surface area contributed by atoms with Crippen LogP contribution in [0.15, 0.2) is 60.9 Å². The number of nitrogens with zero attached hydrogens (tertiary/aromatic N) is 2. The van der Waals surface area contributed by atoms with Crippen LogP contribution in [0.4, 0.5) is 0 Å². The fourth-order valence-corrected chi connectivity index (χ4v) is 2.81. The fraction of sp³-hybridized carbons (Fsp3) is 0.200. The van der Waals surface area contributed by atoms with Crippen LogP contribution < -0.4 is 0 Å². The van der Waals surface area contributed by atoms with Crippen LogP contribution in [0.25, 0.3) is 0 Å². The number of imidazole rings is 1. The summed E-state index contributed by atoms with van der Waals surface area (Å²) in [6, 6.07) is 15.3. The highest BCUT2D eigenvalue weighted by molar-refractivity contribution is 6.30. The van der Waals surface area contributed by atoms with Crippen molar-refractivity contribution in [3.63, 3.8) is 0 Å². The van der Waals surface area contributed by atoms with Crippen molar-refractivity contribution in [2.45, 2.75) is 19.4 Å². The molecule has 0 radical (unpaired) electrons. The predicted octanol–water partition coefficient (Wildman–Crippen LogP) is 4.16. The third-order valence-electron chi connectivity index (χ3n) is 4.08. The van der Waals surface area contributed by atoms with Gasteiger partial charge in [0.05, 0.1) is 12.7 Å². The SMILES string of the molecule is COC(=O)c1ccc(Cn2ccnc2CCc2ccc(Cl)cc2)cc1. The van der Waals surface area contributed by atoms with Crippen molar-refractivity contribution >= 4 is 17.6 Å². The van der Waals surface area contributed by atoms with E-state index >= 15 is 0 Å². The van der Waals surface area contributed by atoms with Crippen LogP contribution in [0.1, 0.15) is 27.3 Å². The highest BCUT2D eigenvalue weighted by atomic mass is 35.5. The molecule has 128 valence electrons. The minimum Gasteiger partial charge on any atom is -0.465 e. The predicted molar refractivity (Wildman–Crippen MR) is 98.0 cm³/mol. The van der Waals surface area contributed by atoms with Gasteiger partial charge in [0.15, 0.2) is 0 Å². The maximum atomic E-state index is 11.5. The first-order valence-corrected chi connectivity index (χ1v) is 8.45. The van der Waals surface area contributed by atoms with Crippen LogP contribution in [-0.2, 0) is 24.1 Å². The molecule has 1 heterocycles. The lowest BCUT2D eigenvalue weighted by Crippen LogP contribution is -2.06. The smallest absolute Gasteiger partial charge is 0.337 e. The normalized spacial score (nSPS) is 10.6. The Morgan fingerprint density at radius 2 is 1.72 bits per heavy atom. The van der Waals surface area contributed by atoms with E-state index in [1.165, 1.54) is 12.7 Å². The zero-order valence-corrected chi connectivity index (χ0v) is 14.7. The Morgan fingerprint density at radius 1 is 1.04 bits per heavy atom. The monoisotopic (exact) mass is 354 g/mol. The minimum absolute atomic E-state index is 0.321. The third-order valence-corrected chi connectivity index (χ3v) is 4.33. The van der Waals surface area contributed by atoms with Crippen molar-refractivity contribution in [3.05, 3.63) is 88.5 Å². The summed E-state index contributed by atoms with van der Waals surface area (Å²) < 4.78 is 6.85. The number of carbonyl (C=O) groups excluding carboxylic acids is 1. The highest BCUT2D eigenvalue weighted by Gasteiger charge is 2.07. The van der Waals surface area contributed by atoms with Crippen LogP contribution in [0, 0.1) is 0 Å². The number of benzene rings is 2. The van der Waals surface area contributed by atoms with E-state index in [9.17, 15) is 4.79 Å². The molecule has 0 atom stereocenters. The Balaban J connectivity index is 1.65. The number of ether oxygens (including phenoxy) is 1. The van der Waals surface area contributed by atoms with Crippen molar-refractivity contribution in [1.82, 2.24) is 9.55 Å². The van der Waals surface area contributed by atoms with Crippen LogP contribution in [0.3, 0.4) is 0 Å². The summed E-state index contributed by atoms with van der Waals surface area (Å²) in [5, 5.41) is 0.751. The Hall–Kier alpha value is -2.59. The summed E-state index contributed by atoms with van der Waals surface area (Å²) in [5.41, 5.74) is 2.90. The highest BCUT2D eigenvalue weighted by Crippen LogP contribution is 2.13. The average molecular weight is 355 g/mol. The number of hydrogen-bond donors (Lipinski definition) is 0. The molecule has 25 heavy (non-hydrogen) atoms. The number of hydrogen-bond acceptors (Lipinski definition) is 3. The van der Waals surface area contributed by atoms with E-state index < -0.39 is 0 Å². The van der Waals surface area contributed by atoms with Crippen LogP contribution >= 0.6 is 11.6 Å². The number of halogens is 1. The van der Waals surface area contributed by atoms with E-state index in [-0.39, 0.29) is 5.97 Å². The number of carbonyl (C=O) groups is 1. The first kappa shape index (κ1) is 17.2. The molecule has 0 saturated carbocycles. The summed E-state index contributed by atoms with van der Waals surface area (Å²) in [4.78, 5) is 16.0. The molecule has 3 rings (SSSR count). The van der Waals surface area contributed by atoms with Gasteiger partial charge < -0.3 is 9.30 Å². The van der Waals surface area contributed by atoms with Gasteiger partial charge in [-0.15, -0.1) is 0 Å². The Labute approximate surface area is 152 Å². The first-order valence-electron chi connectivity index (χ1n) is 8.07. The van der Waals surface area contributed by atoms with Crippen LogP contribution in [0.5, 0.6) is 0 Å². The molecule has 5 heteroatoms. The van der Waals surface area contributed by atoms with Gasteiger partial charge in [-0.25, -0.2) is 9.78 Å². The van der Waals surface area contributed by atoms with Gasteiger partial charge in [-0.2, -0.15) is 0 Å². The zero-order chi connectivity index (χ0) is 17.6. The van der Waals surface area contributed by atoms with Crippen molar-refractivity contribution in [2.24, 2.45) is 0 Å². The second-order valence-corrected chi connectivity index (χ2v) is 6.22. The van der Waals surface area contributed by atoms with Crippen molar-refractivity contribution in [3.8, 4) is 0 Å². The average Bonchev–Trinajstić information content (AvgIpc) is 3.08. The van der Waals surface area contributed by atoms with Gasteiger partial charge >= 0.3 is 5.97 Å². The Bertz CT molecular complexity index is 839. The number of aromatic nitrogens is 2. The number of aryl methyl sites for hydroxylation is 2. The van der Waals surface area contributed by atoms with Crippen molar-refractivity contribution < 1.29 is 9.53 Å². The summed E-state index contributed by atoms with van der Waals surface area (Å²) in [7, 11) is 1.38. The maximum absolute atomic E-state index is 11.5. The lowest BCUT2D eigenvalue weighted by Gasteiger charge is -2.09. The van der Waals surface area contributed by atoms with E-state index in [2.05, 4.69) is 9.55 Å². The van der Waals surface area contributed by atoms with Gasteiger partial charge in [-0.05, 0) is 41.8 Å². The summed E-state index contributed by atoms with van der Waals surface area (Å²) >= 11 is 5.92. The molecule has 0 aliphatic carbocycles. The Morgan fingerprint density at radius 3 is 2.40 bits per heavy atom. The molecule has 0 fully saturated rings. The quantitative estimate of drug-likeness (QED) is 0.624. The Kier molecular flexibility index (Phi) is 5.51. The molecule has 0 unspecified atom stereocenters. The van der Waals surface area contributed by atoms with Gasteiger partial charge in [0.2, 0.25) is 0 Å². The summed E-state index contributed by atoms with van der Waals surface area (Å²) in [6.07, 6.45) is 5.57. The first-order chi connectivity index (χ1) is 12.2. The second-order valence-electron chi connectivity index (χ2n) is 5.79. The lowest BCUT2D eigenvalue weighted by atomic mass is 10.1. The summed E-state index contributed by atoms with van der Waals surface area (Å²) in [5.74, 6) is 0.713. The molecule has 0 N–H and O–H groups in total. The van der Waals surface area contributed by atoms with Gasteiger partial charge in [-0.1, -0.05) is 35.9 Å². The largest absolute Gasteiger partial charge is 0.465 e. The van der Waals surface area contributed by atoms with Crippen molar-refractivity contribution in [2.75, 3.05) is 7.11 Å². The van der Waals surface area contributed by atoms with Gasteiger partial charge in [-0.3, -0.25) is 0 Å². The number of esters is 1. The second kappa shape index (κ2) is 7.99. The van der Waals surface area contributed by atoms with E-state index in [1.54, 1.807) is 12.1 Å². The molecule has 1 aromatic heterocycles. The molecule has 0 amide bonds. The van der Waals surface area contributed by atoms with E-state index in [4.69, 9.17) is 16.3 Å². The molecular weight excluding hydrogens is 336 g/mol. The molecule has 3 aromatic rings. The van der Waals surface area contributed by atoms with E-state index in [1.807, 2.05) is 48.8 Å². The van der Waals surface area contributed by atoms with Gasteiger partial charge in [0.1, 0.15) is 5.82 Å². The fourth-order valence-electron chi connectivity index (χ4n) is 2.68. The molecule has 0 spiro atoms. The molecule has 4 nitrogen and oxygen atoms in total. The van der Waals surface area contributed by atoms with Gasteiger partial charge in [0, 0.05) is 30.4 Å². The molecular formula is C20H19ClN2O2. The van der Waals surface area contributed by atoms with Crippen molar-refractivity contribution in [1.29, 1.82) is 0 Å².